The van der Waals surface area contributed by atoms with Crippen molar-refractivity contribution in [2.75, 3.05) is 20.2 Å². The van der Waals surface area contributed by atoms with Crippen molar-refractivity contribution >= 4 is 12.2 Å². The van der Waals surface area contributed by atoms with Gasteiger partial charge in [-0.1, -0.05) is 18.2 Å². The molecule has 0 bridgehead atoms. The minimum Gasteiger partial charge on any atom is -0.446 e. The number of ether oxygens (including phenoxy) is 2. The van der Waals surface area contributed by atoms with Crippen molar-refractivity contribution < 1.29 is 24.3 Å². The van der Waals surface area contributed by atoms with Crippen LogP contribution in [0.2, 0.25) is 0 Å². The second-order valence-electron chi connectivity index (χ2n) is 3.27. The van der Waals surface area contributed by atoms with Crippen molar-refractivity contribution in [3.63, 3.8) is 0 Å². The molecule has 0 aliphatic carbocycles. The molecule has 18 heavy (non-hydrogen) atoms. The van der Waals surface area contributed by atoms with Gasteiger partial charge in [0.2, 0.25) is 0 Å². The fourth-order valence-electron chi connectivity index (χ4n) is 1.02. The molecule has 0 spiro atoms. The Labute approximate surface area is 104 Å². The van der Waals surface area contributed by atoms with Gasteiger partial charge in [-0.2, -0.15) is 5.06 Å². The number of carbonyl (C=O) groups is 2. The average Bonchev–Trinajstić information content (AvgIpc) is 2.35. The van der Waals surface area contributed by atoms with Crippen LogP contribution in [-0.4, -0.2) is 42.7 Å². The van der Waals surface area contributed by atoms with Crippen molar-refractivity contribution in [3.05, 3.63) is 30.3 Å². The van der Waals surface area contributed by atoms with E-state index in [1.807, 2.05) is 0 Å². The molecule has 0 aliphatic heterocycles. The highest BCUT2D eigenvalue weighted by Gasteiger charge is 2.07. The molecule has 2 amide bonds. The summed E-state index contributed by atoms with van der Waals surface area (Å²) < 4.78 is 9.49. The Bertz CT molecular complexity index is 394. The van der Waals surface area contributed by atoms with E-state index in [4.69, 9.17) is 9.94 Å². The summed E-state index contributed by atoms with van der Waals surface area (Å²) in [5, 5.41) is 11.4. The fraction of sp³-hybridized carbons (Fsp3) is 0.273. The third kappa shape index (κ3) is 5.17. The zero-order valence-electron chi connectivity index (χ0n) is 9.83. The highest BCUT2D eigenvalue weighted by molar-refractivity contribution is 5.70. The Morgan fingerprint density at radius 1 is 1.33 bits per heavy atom. The smallest absolute Gasteiger partial charge is 0.433 e. The van der Waals surface area contributed by atoms with Gasteiger partial charge in [0.25, 0.3) is 0 Å². The number of carbonyl (C=O) groups excluding carboxylic acids is 2. The Morgan fingerprint density at radius 2 is 2.00 bits per heavy atom. The summed E-state index contributed by atoms with van der Waals surface area (Å²) >= 11 is 0. The third-order valence-electron chi connectivity index (χ3n) is 1.81. The predicted molar refractivity (Wildman–Crippen MR) is 61.4 cm³/mol. The van der Waals surface area contributed by atoms with Gasteiger partial charge in [-0.25, -0.2) is 9.59 Å². The second-order valence-corrected chi connectivity index (χ2v) is 3.27. The number of benzene rings is 1. The van der Waals surface area contributed by atoms with Crippen molar-refractivity contribution in [1.29, 1.82) is 0 Å². The first kappa shape index (κ1) is 13.8. The standard InChI is InChI=1S/C11H14N2O5/c1-13(16)11(15)17-8-7-12-10(14)18-9-5-3-2-4-6-9/h2-6,16H,7-8H2,1H3,(H,12,14). The molecule has 0 aliphatic rings. The number of hydrogen-bond acceptors (Lipinski definition) is 5. The molecule has 0 fully saturated rings. The highest BCUT2D eigenvalue weighted by atomic mass is 16.6. The van der Waals surface area contributed by atoms with E-state index in [0.717, 1.165) is 7.05 Å². The Hall–Kier alpha value is -2.28. The van der Waals surface area contributed by atoms with Gasteiger partial charge >= 0.3 is 12.2 Å². The summed E-state index contributed by atoms with van der Waals surface area (Å²) in [6, 6.07) is 8.55. The van der Waals surface area contributed by atoms with E-state index in [1.165, 1.54) is 0 Å². The normalized spacial score (nSPS) is 9.44. The van der Waals surface area contributed by atoms with E-state index in [0.29, 0.717) is 10.8 Å². The quantitative estimate of drug-likeness (QED) is 0.479. The van der Waals surface area contributed by atoms with Crippen LogP contribution in [0, 0.1) is 0 Å². The van der Waals surface area contributed by atoms with Gasteiger partial charge in [0.05, 0.1) is 6.54 Å². The molecule has 7 heteroatoms. The molecular formula is C11H14N2O5. The van der Waals surface area contributed by atoms with Gasteiger partial charge in [-0.3, -0.25) is 5.21 Å². The molecule has 0 aromatic heterocycles. The van der Waals surface area contributed by atoms with Crippen LogP contribution in [0.5, 0.6) is 5.75 Å². The minimum absolute atomic E-state index is 0.0619. The lowest BCUT2D eigenvalue weighted by atomic mass is 10.3. The molecule has 0 radical (unpaired) electrons. The maximum Gasteiger partial charge on any atom is 0.433 e. The molecule has 0 heterocycles. The minimum atomic E-state index is -0.895. The van der Waals surface area contributed by atoms with Crippen molar-refractivity contribution in [3.8, 4) is 5.75 Å². The Morgan fingerprint density at radius 3 is 2.61 bits per heavy atom. The summed E-state index contributed by atoms with van der Waals surface area (Å²) in [4.78, 5) is 22.0. The summed E-state index contributed by atoms with van der Waals surface area (Å²) in [6.07, 6.45) is -1.54. The van der Waals surface area contributed by atoms with Crippen molar-refractivity contribution in [1.82, 2.24) is 10.4 Å². The van der Waals surface area contributed by atoms with Crippen LogP contribution >= 0.6 is 0 Å². The number of nitrogens with one attached hydrogen (secondary N) is 1. The summed E-state index contributed by atoms with van der Waals surface area (Å²) in [6.45, 7) is 0.0267. The number of rotatable bonds is 4. The summed E-state index contributed by atoms with van der Waals surface area (Å²) in [5.41, 5.74) is 0. The number of amides is 2. The average molecular weight is 254 g/mol. The Balaban J connectivity index is 2.16. The van der Waals surface area contributed by atoms with E-state index in [9.17, 15) is 9.59 Å². The zero-order valence-corrected chi connectivity index (χ0v) is 9.83. The summed E-state index contributed by atoms with van der Waals surface area (Å²) in [5.74, 6) is 0.419. The number of hydroxylamine groups is 2. The molecule has 0 unspecified atom stereocenters. The Kier molecular flexibility index (Phi) is 5.46. The monoisotopic (exact) mass is 254 g/mol. The van der Waals surface area contributed by atoms with Gasteiger partial charge in [0, 0.05) is 7.05 Å². The van der Waals surface area contributed by atoms with E-state index in [-0.39, 0.29) is 13.2 Å². The molecule has 1 aromatic carbocycles. The van der Waals surface area contributed by atoms with Crippen LogP contribution in [0.4, 0.5) is 9.59 Å². The molecule has 0 atom stereocenters. The number of nitrogens with zero attached hydrogens (tertiary/aromatic N) is 1. The van der Waals surface area contributed by atoms with E-state index >= 15 is 0 Å². The maximum atomic E-state index is 11.3. The van der Waals surface area contributed by atoms with Gasteiger partial charge in [-0.15, -0.1) is 0 Å². The first-order valence-corrected chi connectivity index (χ1v) is 5.19. The fourth-order valence-corrected chi connectivity index (χ4v) is 1.02. The second kappa shape index (κ2) is 7.13. The molecule has 98 valence electrons. The molecule has 2 N–H and O–H groups in total. The molecule has 1 rings (SSSR count). The van der Waals surface area contributed by atoms with Gasteiger partial charge < -0.3 is 14.8 Å². The number of hydrogen-bond donors (Lipinski definition) is 2. The van der Waals surface area contributed by atoms with E-state index in [2.05, 4.69) is 10.1 Å². The van der Waals surface area contributed by atoms with Crippen LogP contribution in [0.1, 0.15) is 0 Å². The summed E-state index contributed by atoms with van der Waals surface area (Å²) in [7, 11) is 1.14. The maximum absolute atomic E-state index is 11.3. The SMILES string of the molecule is CN(O)C(=O)OCCNC(=O)Oc1ccccc1. The molecule has 0 saturated carbocycles. The molecular weight excluding hydrogens is 240 g/mol. The van der Waals surface area contributed by atoms with Crippen LogP contribution in [0.25, 0.3) is 0 Å². The predicted octanol–water partition coefficient (Wildman–Crippen LogP) is 1.23. The van der Waals surface area contributed by atoms with Crippen LogP contribution in [0.3, 0.4) is 0 Å². The first-order chi connectivity index (χ1) is 8.59. The lowest BCUT2D eigenvalue weighted by molar-refractivity contribution is -0.0525. The van der Waals surface area contributed by atoms with Crippen LogP contribution in [0.15, 0.2) is 30.3 Å². The van der Waals surface area contributed by atoms with E-state index in [1.54, 1.807) is 30.3 Å². The van der Waals surface area contributed by atoms with Crippen LogP contribution in [-0.2, 0) is 4.74 Å². The topological polar surface area (TPSA) is 88.1 Å². The van der Waals surface area contributed by atoms with Gasteiger partial charge in [0.1, 0.15) is 12.4 Å². The largest absolute Gasteiger partial charge is 0.446 e. The lowest BCUT2D eigenvalue weighted by Gasteiger charge is -2.10. The first-order valence-electron chi connectivity index (χ1n) is 5.19. The van der Waals surface area contributed by atoms with Gasteiger partial charge in [0.15, 0.2) is 0 Å². The number of para-hydroxylation sites is 1. The van der Waals surface area contributed by atoms with Crippen molar-refractivity contribution in [2.24, 2.45) is 0 Å². The van der Waals surface area contributed by atoms with Gasteiger partial charge in [-0.05, 0) is 12.1 Å². The van der Waals surface area contributed by atoms with Crippen molar-refractivity contribution in [2.45, 2.75) is 0 Å². The molecule has 0 saturated heterocycles. The van der Waals surface area contributed by atoms with E-state index < -0.39 is 12.2 Å². The molecule has 7 nitrogen and oxygen atoms in total. The highest BCUT2D eigenvalue weighted by Crippen LogP contribution is 2.07. The zero-order chi connectivity index (χ0) is 13.4. The lowest BCUT2D eigenvalue weighted by Crippen LogP contribution is -2.32. The third-order valence-corrected chi connectivity index (χ3v) is 1.81. The molecule has 1 aromatic rings. The van der Waals surface area contributed by atoms with Crippen LogP contribution < -0.4 is 10.1 Å².